The molecule has 0 aliphatic carbocycles. The zero-order valence-electron chi connectivity index (χ0n) is 15.7. The summed E-state index contributed by atoms with van der Waals surface area (Å²) in [5.41, 5.74) is 1.90. The second-order valence-electron chi connectivity index (χ2n) is 6.68. The van der Waals surface area contributed by atoms with Gasteiger partial charge in [0.05, 0.1) is 25.4 Å². The summed E-state index contributed by atoms with van der Waals surface area (Å²) in [6, 6.07) is 12.2. The van der Waals surface area contributed by atoms with Gasteiger partial charge in [-0.15, -0.1) is 0 Å². The van der Waals surface area contributed by atoms with Crippen LogP contribution in [-0.4, -0.2) is 55.9 Å². The standard InChI is InChI=1S/C20H19BN2O6/c22-11-14-1-2-17(29-16-3-4-18-15(9-16)12-28-21(18)25)10-19(14)27-13-20(24)23-5-7-26-8-6-23/h1-4,9-10,25H,5-8,12-13H2. The Morgan fingerprint density at radius 2 is 1.97 bits per heavy atom. The Balaban J connectivity index is 1.45. The number of ether oxygens (including phenoxy) is 3. The molecule has 0 unspecified atom stereocenters. The van der Waals surface area contributed by atoms with E-state index < -0.39 is 7.12 Å². The Kier molecular flexibility index (Phi) is 5.67. The van der Waals surface area contributed by atoms with E-state index in [-0.39, 0.29) is 18.3 Å². The topological polar surface area (TPSA) is 101 Å². The lowest BCUT2D eigenvalue weighted by Crippen LogP contribution is -2.43. The number of nitrogens with zero attached hydrogens (tertiary/aromatic N) is 2. The first-order valence-electron chi connectivity index (χ1n) is 9.27. The molecule has 0 bridgehead atoms. The van der Waals surface area contributed by atoms with Gasteiger partial charge >= 0.3 is 7.12 Å². The summed E-state index contributed by atoms with van der Waals surface area (Å²) in [5.74, 6) is 1.17. The van der Waals surface area contributed by atoms with Crippen molar-refractivity contribution in [2.24, 2.45) is 0 Å². The number of benzene rings is 2. The molecule has 1 saturated heterocycles. The van der Waals surface area contributed by atoms with Gasteiger partial charge < -0.3 is 28.8 Å². The van der Waals surface area contributed by atoms with Crippen LogP contribution in [0.1, 0.15) is 11.1 Å². The molecule has 1 amide bonds. The number of rotatable bonds is 5. The molecular formula is C20H19BN2O6. The molecule has 0 saturated carbocycles. The average Bonchev–Trinajstić information content (AvgIpc) is 3.13. The van der Waals surface area contributed by atoms with Crippen molar-refractivity contribution in [1.29, 1.82) is 5.26 Å². The first-order valence-corrected chi connectivity index (χ1v) is 9.27. The number of amides is 1. The van der Waals surface area contributed by atoms with E-state index in [0.29, 0.717) is 50.0 Å². The van der Waals surface area contributed by atoms with Crippen LogP contribution < -0.4 is 14.9 Å². The minimum Gasteiger partial charge on any atom is -0.482 e. The number of morpholine rings is 1. The van der Waals surface area contributed by atoms with Crippen LogP contribution in [0.5, 0.6) is 17.2 Å². The summed E-state index contributed by atoms with van der Waals surface area (Å²) in [6.45, 7) is 2.26. The van der Waals surface area contributed by atoms with Gasteiger partial charge in [-0.3, -0.25) is 4.79 Å². The van der Waals surface area contributed by atoms with Crippen molar-refractivity contribution in [2.75, 3.05) is 32.9 Å². The fourth-order valence-corrected chi connectivity index (χ4v) is 3.23. The van der Waals surface area contributed by atoms with Crippen molar-refractivity contribution in [3.05, 3.63) is 47.5 Å². The van der Waals surface area contributed by atoms with Crippen LogP contribution in [0.2, 0.25) is 0 Å². The fourth-order valence-electron chi connectivity index (χ4n) is 3.23. The molecule has 8 nitrogen and oxygen atoms in total. The van der Waals surface area contributed by atoms with Gasteiger partial charge in [0.25, 0.3) is 5.91 Å². The maximum absolute atomic E-state index is 12.3. The number of carbonyl (C=O) groups is 1. The number of nitriles is 1. The molecule has 0 aromatic heterocycles. The van der Waals surface area contributed by atoms with Crippen LogP contribution >= 0.6 is 0 Å². The van der Waals surface area contributed by atoms with Crippen molar-refractivity contribution < 1.29 is 28.7 Å². The fraction of sp³-hybridized carbons (Fsp3) is 0.300. The highest BCUT2D eigenvalue weighted by atomic mass is 16.5. The lowest BCUT2D eigenvalue weighted by molar-refractivity contribution is -0.137. The smallest absolute Gasteiger partial charge is 0.482 e. The van der Waals surface area contributed by atoms with E-state index in [1.165, 1.54) is 0 Å². The van der Waals surface area contributed by atoms with Crippen molar-refractivity contribution in [3.63, 3.8) is 0 Å². The van der Waals surface area contributed by atoms with Crippen molar-refractivity contribution in [3.8, 4) is 23.3 Å². The van der Waals surface area contributed by atoms with Gasteiger partial charge in [-0.1, -0.05) is 6.07 Å². The van der Waals surface area contributed by atoms with Crippen LogP contribution in [0.4, 0.5) is 0 Å². The highest BCUT2D eigenvalue weighted by Crippen LogP contribution is 2.29. The van der Waals surface area contributed by atoms with E-state index >= 15 is 0 Å². The molecular weight excluding hydrogens is 375 g/mol. The Hall–Kier alpha value is -3.06. The molecule has 4 rings (SSSR count). The first-order chi connectivity index (χ1) is 14.1. The molecule has 0 spiro atoms. The zero-order valence-corrected chi connectivity index (χ0v) is 15.7. The Bertz CT molecular complexity index is 954. The largest absolute Gasteiger partial charge is 0.491 e. The highest BCUT2D eigenvalue weighted by Gasteiger charge is 2.27. The molecule has 2 aliphatic heterocycles. The molecule has 0 radical (unpaired) electrons. The average molecular weight is 394 g/mol. The molecule has 1 fully saturated rings. The minimum atomic E-state index is -0.905. The van der Waals surface area contributed by atoms with Gasteiger partial charge in [0.2, 0.25) is 0 Å². The maximum Gasteiger partial charge on any atom is 0.491 e. The van der Waals surface area contributed by atoms with Crippen LogP contribution in [0.15, 0.2) is 36.4 Å². The van der Waals surface area contributed by atoms with Gasteiger partial charge in [0.1, 0.15) is 23.3 Å². The normalized spacial score (nSPS) is 15.6. The molecule has 1 N–H and O–H groups in total. The third-order valence-electron chi connectivity index (χ3n) is 4.80. The number of fused-ring (bicyclic) bond motifs is 1. The van der Waals surface area contributed by atoms with Crippen molar-refractivity contribution in [2.45, 2.75) is 6.61 Å². The van der Waals surface area contributed by atoms with Crippen molar-refractivity contribution >= 4 is 18.5 Å². The summed E-state index contributed by atoms with van der Waals surface area (Å²) >= 11 is 0. The molecule has 2 aromatic rings. The van der Waals surface area contributed by atoms with E-state index in [9.17, 15) is 15.1 Å². The van der Waals surface area contributed by atoms with E-state index in [1.54, 1.807) is 41.3 Å². The van der Waals surface area contributed by atoms with Crippen molar-refractivity contribution in [1.82, 2.24) is 4.90 Å². The molecule has 2 heterocycles. The molecule has 2 aromatic carbocycles. The summed E-state index contributed by atoms with van der Waals surface area (Å²) in [5, 5.41) is 19.0. The van der Waals surface area contributed by atoms with Crippen LogP contribution in [0.25, 0.3) is 0 Å². The van der Waals surface area contributed by atoms with E-state index in [1.807, 2.05) is 0 Å². The third-order valence-corrected chi connectivity index (χ3v) is 4.80. The number of hydrogen-bond donors (Lipinski definition) is 1. The maximum atomic E-state index is 12.3. The molecule has 9 heteroatoms. The Labute approximate surface area is 168 Å². The molecule has 0 atom stereocenters. The molecule has 2 aliphatic rings. The lowest BCUT2D eigenvalue weighted by Gasteiger charge is -2.26. The van der Waals surface area contributed by atoms with E-state index in [0.717, 1.165) is 11.0 Å². The van der Waals surface area contributed by atoms with Gasteiger partial charge in [0, 0.05) is 19.2 Å². The number of hydrogen-bond acceptors (Lipinski definition) is 7. The second-order valence-corrected chi connectivity index (χ2v) is 6.68. The predicted octanol–water partition coefficient (Wildman–Crippen LogP) is 0.806. The van der Waals surface area contributed by atoms with Gasteiger partial charge in [-0.2, -0.15) is 5.26 Å². The third kappa shape index (κ3) is 4.35. The first kappa shape index (κ1) is 19.3. The van der Waals surface area contributed by atoms with Crippen LogP contribution in [0, 0.1) is 11.3 Å². The second kappa shape index (κ2) is 8.53. The Morgan fingerprint density at radius 3 is 2.76 bits per heavy atom. The van der Waals surface area contributed by atoms with Crippen LogP contribution in [-0.2, 0) is 20.8 Å². The summed E-state index contributed by atoms with van der Waals surface area (Å²) in [6.07, 6.45) is 0. The van der Waals surface area contributed by atoms with Gasteiger partial charge in [-0.25, -0.2) is 0 Å². The van der Waals surface area contributed by atoms with Gasteiger partial charge in [0.15, 0.2) is 6.61 Å². The summed E-state index contributed by atoms with van der Waals surface area (Å²) < 4.78 is 21.9. The number of carbonyl (C=O) groups excluding carboxylic acids is 1. The van der Waals surface area contributed by atoms with Crippen LogP contribution in [0.3, 0.4) is 0 Å². The molecule has 148 valence electrons. The molecule has 29 heavy (non-hydrogen) atoms. The summed E-state index contributed by atoms with van der Waals surface area (Å²) in [4.78, 5) is 14.0. The van der Waals surface area contributed by atoms with E-state index in [2.05, 4.69) is 6.07 Å². The van der Waals surface area contributed by atoms with Gasteiger partial charge in [-0.05, 0) is 35.3 Å². The van der Waals surface area contributed by atoms with E-state index in [4.69, 9.17) is 18.9 Å². The Morgan fingerprint density at radius 1 is 1.21 bits per heavy atom. The quantitative estimate of drug-likeness (QED) is 0.749. The summed E-state index contributed by atoms with van der Waals surface area (Å²) in [7, 11) is -0.905. The SMILES string of the molecule is N#Cc1ccc(Oc2ccc3c(c2)COB3O)cc1OCC(=O)N1CCOCC1. The highest BCUT2D eigenvalue weighted by molar-refractivity contribution is 6.61. The predicted molar refractivity (Wildman–Crippen MR) is 103 cm³/mol. The lowest BCUT2D eigenvalue weighted by atomic mass is 9.80. The zero-order chi connectivity index (χ0) is 20.2. The minimum absolute atomic E-state index is 0.152. The monoisotopic (exact) mass is 394 g/mol.